The number of carbonyl (C=O) groups excluding carboxylic acids is 1. The van der Waals surface area contributed by atoms with Gasteiger partial charge in [-0.15, -0.1) is 0 Å². The molecule has 0 bridgehead atoms. The molecule has 0 fully saturated rings. The van der Waals surface area contributed by atoms with E-state index in [1.54, 1.807) is 42.5 Å². The highest BCUT2D eigenvalue weighted by molar-refractivity contribution is 7.99. The van der Waals surface area contributed by atoms with E-state index in [2.05, 4.69) is 15.3 Å². The normalized spacial score (nSPS) is 10.8. The van der Waals surface area contributed by atoms with Gasteiger partial charge in [-0.1, -0.05) is 23.9 Å². The SMILES string of the molecule is O=C(Nc1ccc(Oc2cc(-n3cccc3)ncn2)cc1)c1ccccc1SC(F)F. The number of anilines is 1. The molecule has 0 saturated carbocycles. The van der Waals surface area contributed by atoms with Crippen molar-refractivity contribution in [3.8, 4) is 17.4 Å². The molecule has 0 saturated heterocycles. The zero-order valence-corrected chi connectivity index (χ0v) is 16.8. The molecule has 4 rings (SSSR count). The topological polar surface area (TPSA) is 69.0 Å². The minimum Gasteiger partial charge on any atom is -0.439 e. The van der Waals surface area contributed by atoms with Crippen LogP contribution in [0.1, 0.15) is 10.4 Å². The quantitative estimate of drug-likeness (QED) is 0.379. The molecule has 0 unspecified atom stereocenters. The second-order valence-electron chi connectivity index (χ2n) is 6.26. The third-order valence-corrected chi connectivity index (χ3v) is 4.97. The summed E-state index contributed by atoms with van der Waals surface area (Å²) < 4.78 is 33.0. The first-order chi connectivity index (χ1) is 15.1. The second kappa shape index (κ2) is 9.40. The van der Waals surface area contributed by atoms with Gasteiger partial charge in [0.15, 0.2) is 0 Å². The molecule has 1 amide bonds. The summed E-state index contributed by atoms with van der Waals surface area (Å²) in [4.78, 5) is 21.1. The molecule has 2 aromatic heterocycles. The number of hydrogen-bond acceptors (Lipinski definition) is 5. The zero-order valence-electron chi connectivity index (χ0n) is 16.0. The zero-order chi connectivity index (χ0) is 21.6. The van der Waals surface area contributed by atoms with Gasteiger partial charge >= 0.3 is 0 Å². The Morgan fingerprint density at radius 3 is 2.48 bits per heavy atom. The number of amides is 1. The van der Waals surface area contributed by atoms with Crippen LogP contribution < -0.4 is 10.1 Å². The van der Waals surface area contributed by atoms with E-state index in [4.69, 9.17) is 4.74 Å². The summed E-state index contributed by atoms with van der Waals surface area (Å²) in [5, 5.41) is 2.71. The molecule has 4 aromatic rings. The number of aromatic nitrogens is 3. The highest BCUT2D eigenvalue weighted by Crippen LogP contribution is 2.29. The summed E-state index contributed by atoms with van der Waals surface area (Å²) in [5.41, 5.74) is 0.691. The lowest BCUT2D eigenvalue weighted by Crippen LogP contribution is -2.13. The first kappa shape index (κ1) is 20.5. The predicted octanol–water partition coefficient (Wildman–Crippen LogP) is 5.63. The van der Waals surface area contributed by atoms with E-state index in [1.165, 1.54) is 18.5 Å². The van der Waals surface area contributed by atoms with E-state index in [-0.39, 0.29) is 10.5 Å². The maximum atomic E-state index is 12.7. The maximum Gasteiger partial charge on any atom is 0.288 e. The van der Waals surface area contributed by atoms with E-state index in [9.17, 15) is 13.6 Å². The lowest BCUT2D eigenvalue weighted by atomic mass is 10.2. The summed E-state index contributed by atoms with van der Waals surface area (Å²) in [6, 6.07) is 18.4. The molecule has 2 heterocycles. The third-order valence-electron chi connectivity index (χ3n) is 4.18. The average molecular weight is 438 g/mol. The Balaban J connectivity index is 1.44. The Morgan fingerprint density at radius 2 is 1.74 bits per heavy atom. The van der Waals surface area contributed by atoms with E-state index >= 15 is 0 Å². The number of nitrogens with zero attached hydrogens (tertiary/aromatic N) is 3. The van der Waals surface area contributed by atoms with Crippen molar-refractivity contribution in [3.63, 3.8) is 0 Å². The van der Waals surface area contributed by atoms with Crippen LogP contribution in [0.3, 0.4) is 0 Å². The molecular weight excluding hydrogens is 422 g/mol. The number of halogens is 2. The number of thioether (sulfide) groups is 1. The Labute approximate surface area is 180 Å². The molecule has 156 valence electrons. The van der Waals surface area contributed by atoms with Crippen LogP contribution in [0.15, 0.2) is 90.3 Å². The Kier molecular flexibility index (Phi) is 6.23. The van der Waals surface area contributed by atoms with Crippen molar-refractivity contribution in [2.75, 3.05) is 5.32 Å². The number of ether oxygens (including phenoxy) is 1. The molecule has 0 atom stereocenters. The van der Waals surface area contributed by atoms with Gasteiger partial charge in [0.2, 0.25) is 5.88 Å². The molecule has 0 spiro atoms. The van der Waals surface area contributed by atoms with E-state index in [1.807, 2.05) is 29.1 Å². The van der Waals surface area contributed by atoms with Crippen molar-refractivity contribution in [1.29, 1.82) is 0 Å². The average Bonchev–Trinajstić information content (AvgIpc) is 3.30. The van der Waals surface area contributed by atoms with E-state index in [0.29, 0.717) is 34.9 Å². The van der Waals surface area contributed by atoms with Gasteiger partial charge in [-0.2, -0.15) is 8.78 Å². The molecule has 1 N–H and O–H groups in total. The minimum absolute atomic E-state index is 0.187. The molecular formula is C22H16F2N4O2S. The molecule has 2 aromatic carbocycles. The molecule has 6 nitrogen and oxygen atoms in total. The summed E-state index contributed by atoms with van der Waals surface area (Å²) in [7, 11) is 0. The Hall–Kier alpha value is -3.72. The van der Waals surface area contributed by atoms with Gasteiger partial charge < -0.3 is 14.6 Å². The van der Waals surface area contributed by atoms with Gasteiger partial charge in [0.1, 0.15) is 17.9 Å². The Morgan fingerprint density at radius 1 is 1.00 bits per heavy atom. The number of alkyl halides is 2. The van der Waals surface area contributed by atoms with Crippen LogP contribution in [-0.2, 0) is 0 Å². The highest BCUT2D eigenvalue weighted by Gasteiger charge is 2.15. The van der Waals surface area contributed by atoms with Crippen LogP contribution in [0, 0.1) is 0 Å². The minimum atomic E-state index is -2.61. The van der Waals surface area contributed by atoms with Crippen LogP contribution in [0.2, 0.25) is 0 Å². The molecule has 0 radical (unpaired) electrons. The monoisotopic (exact) mass is 438 g/mol. The van der Waals surface area contributed by atoms with Crippen molar-refractivity contribution in [2.24, 2.45) is 0 Å². The van der Waals surface area contributed by atoms with Crippen molar-refractivity contribution in [2.45, 2.75) is 10.7 Å². The smallest absolute Gasteiger partial charge is 0.288 e. The molecule has 31 heavy (non-hydrogen) atoms. The predicted molar refractivity (Wildman–Crippen MR) is 114 cm³/mol. The lowest BCUT2D eigenvalue weighted by molar-refractivity contribution is 0.102. The van der Waals surface area contributed by atoms with Gasteiger partial charge in [-0.25, -0.2) is 9.97 Å². The van der Waals surface area contributed by atoms with E-state index < -0.39 is 11.7 Å². The summed E-state index contributed by atoms with van der Waals surface area (Å²) in [6.45, 7) is 0. The summed E-state index contributed by atoms with van der Waals surface area (Å²) >= 11 is 0.340. The fourth-order valence-electron chi connectivity index (χ4n) is 2.79. The standard InChI is InChI=1S/C22H16F2N4O2S/c23-22(24)31-18-6-2-1-5-17(18)21(29)27-15-7-9-16(10-8-15)30-20-13-19(25-14-26-20)28-11-3-4-12-28/h1-14,22H,(H,27,29). The lowest BCUT2D eigenvalue weighted by Gasteiger charge is -2.10. The first-order valence-corrected chi connectivity index (χ1v) is 10.0. The largest absolute Gasteiger partial charge is 0.439 e. The molecule has 0 aliphatic carbocycles. The van der Waals surface area contributed by atoms with E-state index in [0.717, 1.165) is 0 Å². The van der Waals surface area contributed by atoms with Gasteiger partial charge in [-0.3, -0.25) is 4.79 Å². The number of benzene rings is 2. The second-order valence-corrected chi connectivity index (χ2v) is 7.29. The van der Waals surface area contributed by atoms with Crippen LogP contribution in [-0.4, -0.2) is 26.2 Å². The van der Waals surface area contributed by atoms with Crippen molar-refractivity contribution < 1.29 is 18.3 Å². The third kappa shape index (κ3) is 5.26. The van der Waals surface area contributed by atoms with Crippen LogP contribution in [0.4, 0.5) is 14.5 Å². The van der Waals surface area contributed by atoms with Crippen molar-refractivity contribution >= 4 is 23.4 Å². The van der Waals surface area contributed by atoms with Gasteiger partial charge in [-0.05, 0) is 48.5 Å². The number of rotatable bonds is 7. The van der Waals surface area contributed by atoms with Gasteiger partial charge in [0, 0.05) is 29.0 Å². The molecule has 0 aliphatic rings. The summed E-state index contributed by atoms with van der Waals surface area (Å²) in [6.07, 6.45) is 5.14. The molecule has 0 aliphatic heterocycles. The van der Waals surface area contributed by atoms with Crippen LogP contribution in [0.5, 0.6) is 11.6 Å². The first-order valence-electron chi connectivity index (χ1n) is 9.17. The number of hydrogen-bond donors (Lipinski definition) is 1. The molecule has 9 heteroatoms. The van der Waals surface area contributed by atoms with Crippen LogP contribution >= 0.6 is 11.8 Å². The van der Waals surface area contributed by atoms with Gasteiger partial charge in [0.05, 0.1) is 5.56 Å². The number of carbonyl (C=O) groups is 1. The Bertz CT molecular complexity index is 1170. The maximum absolute atomic E-state index is 12.7. The van der Waals surface area contributed by atoms with Crippen molar-refractivity contribution in [1.82, 2.24) is 14.5 Å². The fourth-order valence-corrected chi connectivity index (χ4v) is 3.43. The number of nitrogens with one attached hydrogen (secondary N) is 1. The fraction of sp³-hybridized carbons (Fsp3) is 0.0455. The van der Waals surface area contributed by atoms with Crippen LogP contribution in [0.25, 0.3) is 5.82 Å². The highest BCUT2D eigenvalue weighted by atomic mass is 32.2. The van der Waals surface area contributed by atoms with Gasteiger partial charge in [0.25, 0.3) is 11.7 Å². The van der Waals surface area contributed by atoms with Crippen molar-refractivity contribution in [3.05, 3.63) is 91.0 Å². The summed E-state index contributed by atoms with van der Waals surface area (Å²) in [5.74, 6) is -1.52.